The van der Waals surface area contributed by atoms with Crippen molar-refractivity contribution in [3.05, 3.63) is 33.4 Å². The molecule has 6 aliphatic heterocycles. The molecule has 0 spiro atoms. The number of hydrogen-bond donors (Lipinski definition) is 1. The second kappa shape index (κ2) is 10.3. The SMILES string of the molecule is CC1(C)Oc2c(C=O)c3c(c(C(O)(c4c5c(c(C=O)c6c4OC(C)(C)O6)OC(C)(C)O5)c4c5c(c(C=O)c6c4OC(C)(C)O6)OC(C)(C)O5)c2O1)OC(C)(C)O3. The molecule has 0 radical (unpaired) electrons. The van der Waals surface area contributed by atoms with Gasteiger partial charge in [-0.05, 0) is 0 Å². The third-order valence-corrected chi connectivity index (χ3v) is 9.68. The van der Waals surface area contributed by atoms with Crippen LogP contribution in [0.2, 0.25) is 0 Å². The highest BCUT2D eigenvalue weighted by atomic mass is 16.8. The van der Waals surface area contributed by atoms with Gasteiger partial charge >= 0.3 is 0 Å². The first-order chi connectivity index (χ1) is 25.9. The minimum atomic E-state index is -2.78. The molecule has 3 aromatic carbocycles. The highest BCUT2D eigenvalue weighted by molar-refractivity contribution is 5.95. The number of carbonyl (C=O) groups is 3. The average Bonchev–Trinajstić information content (AvgIpc) is 3.86. The first-order valence-corrected chi connectivity index (χ1v) is 17.9. The maximum Gasteiger partial charge on any atom is 0.246 e. The van der Waals surface area contributed by atoms with E-state index in [1.807, 2.05) is 0 Å². The maximum absolute atomic E-state index is 14.6. The molecule has 296 valence electrons. The zero-order valence-electron chi connectivity index (χ0n) is 32.8. The molecule has 0 fully saturated rings. The summed E-state index contributed by atoms with van der Waals surface area (Å²) >= 11 is 0. The summed E-state index contributed by atoms with van der Waals surface area (Å²) in [6.45, 7) is 19.4. The number of aliphatic hydroxyl groups is 1. The van der Waals surface area contributed by atoms with Crippen LogP contribution in [0.3, 0.4) is 0 Å². The van der Waals surface area contributed by atoms with Crippen LogP contribution in [0.25, 0.3) is 0 Å². The van der Waals surface area contributed by atoms with Crippen molar-refractivity contribution in [1.29, 1.82) is 0 Å². The van der Waals surface area contributed by atoms with Crippen molar-refractivity contribution in [3.63, 3.8) is 0 Å². The number of fused-ring (bicyclic) bond motifs is 6. The molecular weight excluding hydrogens is 736 g/mol. The van der Waals surface area contributed by atoms with E-state index in [4.69, 9.17) is 56.8 Å². The minimum absolute atomic E-state index is 0.0568. The summed E-state index contributed by atoms with van der Waals surface area (Å²) in [5.41, 5.74) is -3.54. The van der Waals surface area contributed by atoms with E-state index in [2.05, 4.69) is 0 Å². The Bertz CT molecular complexity index is 1970. The molecule has 1 N–H and O–H groups in total. The number of ether oxygens (including phenoxy) is 12. The predicted molar refractivity (Wildman–Crippen MR) is 190 cm³/mol. The Morgan fingerprint density at radius 2 is 0.464 bits per heavy atom. The van der Waals surface area contributed by atoms with Gasteiger partial charge in [-0.2, -0.15) is 0 Å². The lowest BCUT2D eigenvalue weighted by Gasteiger charge is -2.35. The predicted octanol–water partition coefficient (Wildman–Crippen LogP) is 6.45. The lowest BCUT2D eigenvalue weighted by atomic mass is 9.75. The van der Waals surface area contributed by atoms with Crippen LogP contribution in [0.15, 0.2) is 0 Å². The molecule has 16 heteroatoms. The third kappa shape index (κ3) is 4.77. The molecule has 0 saturated heterocycles. The van der Waals surface area contributed by atoms with E-state index >= 15 is 0 Å². The summed E-state index contributed by atoms with van der Waals surface area (Å²) in [5.74, 6) is -9.84. The summed E-state index contributed by atoms with van der Waals surface area (Å²) in [6.07, 6.45) is 1.61. The number of aldehydes is 3. The van der Waals surface area contributed by atoms with Crippen LogP contribution in [-0.4, -0.2) is 58.7 Å². The van der Waals surface area contributed by atoms with E-state index in [-0.39, 0.29) is 102 Å². The van der Waals surface area contributed by atoms with E-state index < -0.39 is 40.3 Å². The fraction of sp³-hybridized carbons (Fsp3) is 0.475. The molecule has 0 amide bonds. The van der Waals surface area contributed by atoms with Crippen molar-refractivity contribution in [2.24, 2.45) is 0 Å². The van der Waals surface area contributed by atoms with Gasteiger partial charge in [-0.3, -0.25) is 14.4 Å². The highest BCUT2D eigenvalue weighted by Gasteiger charge is 2.62. The van der Waals surface area contributed by atoms with Crippen LogP contribution >= 0.6 is 0 Å². The zero-order chi connectivity index (χ0) is 40.5. The lowest BCUT2D eigenvalue weighted by molar-refractivity contribution is -0.0543. The second-order valence-corrected chi connectivity index (χ2v) is 17.0. The smallest absolute Gasteiger partial charge is 0.246 e. The largest absolute Gasteiger partial charge is 0.448 e. The van der Waals surface area contributed by atoms with Gasteiger partial charge in [-0.25, -0.2) is 0 Å². The Morgan fingerprint density at radius 1 is 0.321 bits per heavy atom. The van der Waals surface area contributed by atoms with Crippen LogP contribution < -0.4 is 56.8 Å². The van der Waals surface area contributed by atoms with Crippen LogP contribution in [0.4, 0.5) is 0 Å². The molecule has 16 nitrogen and oxygen atoms in total. The van der Waals surface area contributed by atoms with E-state index in [9.17, 15) is 19.5 Å². The average molecular weight is 777 g/mol. The number of rotatable bonds is 6. The Hall–Kier alpha value is -5.77. The molecule has 0 atom stereocenters. The monoisotopic (exact) mass is 776 g/mol. The lowest BCUT2D eigenvalue weighted by Crippen LogP contribution is -2.36. The molecule has 0 aromatic heterocycles. The molecule has 3 aromatic rings. The second-order valence-electron chi connectivity index (χ2n) is 17.0. The molecule has 0 unspecified atom stereocenters. The van der Waals surface area contributed by atoms with Gasteiger partial charge < -0.3 is 61.9 Å². The summed E-state index contributed by atoms with van der Waals surface area (Å²) < 4.78 is 76.7. The fourth-order valence-electron chi connectivity index (χ4n) is 7.98. The summed E-state index contributed by atoms with van der Waals surface area (Å²) in [5, 5.41) is 14.6. The molecule has 6 aliphatic rings. The van der Waals surface area contributed by atoms with Crippen molar-refractivity contribution < 1.29 is 76.3 Å². The Kier molecular flexibility index (Phi) is 6.63. The van der Waals surface area contributed by atoms with Crippen molar-refractivity contribution in [1.82, 2.24) is 0 Å². The Morgan fingerprint density at radius 3 is 0.607 bits per heavy atom. The van der Waals surface area contributed by atoms with E-state index in [1.54, 1.807) is 83.1 Å². The van der Waals surface area contributed by atoms with Gasteiger partial charge in [-0.15, -0.1) is 0 Å². The van der Waals surface area contributed by atoms with E-state index in [1.165, 1.54) is 0 Å². The third-order valence-electron chi connectivity index (χ3n) is 9.68. The number of benzene rings is 3. The highest BCUT2D eigenvalue weighted by Crippen LogP contribution is 2.71. The number of hydrogen-bond acceptors (Lipinski definition) is 16. The van der Waals surface area contributed by atoms with Gasteiger partial charge in [0.15, 0.2) is 93.5 Å². The number of carbonyl (C=O) groups excluding carboxylic acids is 3. The quantitative estimate of drug-likeness (QED) is 0.213. The van der Waals surface area contributed by atoms with Gasteiger partial charge in [-0.1, -0.05) is 0 Å². The summed E-state index contributed by atoms with van der Waals surface area (Å²) in [7, 11) is 0. The molecule has 0 aliphatic carbocycles. The minimum Gasteiger partial charge on any atom is -0.448 e. The molecule has 0 saturated carbocycles. The molecule has 56 heavy (non-hydrogen) atoms. The first kappa shape index (κ1) is 35.9. The standard InChI is InChI=1S/C40H40O16/c1-34(2)45-22-16(13-41)23-29(52-35(3,4)46-23)19(28(22)51-34)40(44,20-30-24(47-36(5,6)53-30)17(14-42)25-31(20)54-37(7,8)48-25)21-32-26(49-38(9,10)55-32)18(15-43)27-33(21)56-39(11,12)50-27/h13-15,44H,1-12H3. The van der Waals surface area contributed by atoms with Crippen LogP contribution in [0.1, 0.15) is 131 Å². The van der Waals surface area contributed by atoms with Gasteiger partial charge in [0.1, 0.15) is 16.7 Å². The van der Waals surface area contributed by atoms with Crippen molar-refractivity contribution in [2.75, 3.05) is 0 Å². The molecule has 6 heterocycles. The Labute approximate surface area is 320 Å². The Balaban J connectivity index is 1.55. The molecule has 9 rings (SSSR count). The van der Waals surface area contributed by atoms with E-state index in [0.717, 1.165) is 0 Å². The van der Waals surface area contributed by atoms with Crippen molar-refractivity contribution >= 4 is 18.9 Å². The summed E-state index contributed by atoms with van der Waals surface area (Å²) in [6, 6.07) is 0. The molecular formula is C40H40O16. The van der Waals surface area contributed by atoms with Crippen LogP contribution in [-0.2, 0) is 5.60 Å². The van der Waals surface area contributed by atoms with Crippen molar-refractivity contribution in [2.45, 2.75) is 123 Å². The van der Waals surface area contributed by atoms with E-state index in [0.29, 0.717) is 18.9 Å². The van der Waals surface area contributed by atoms with Crippen molar-refractivity contribution in [3.8, 4) is 69.0 Å². The van der Waals surface area contributed by atoms with Gasteiger partial charge in [0.05, 0.1) is 16.7 Å². The first-order valence-electron chi connectivity index (χ1n) is 17.9. The molecule has 0 bridgehead atoms. The van der Waals surface area contributed by atoms with Gasteiger partial charge in [0.2, 0.25) is 34.7 Å². The fourth-order valence-corrected chi connectivity index (χ4v) is 7.98. The normalized spacial score (nSPS) is 21.6. The maximum atomic E-state index is 14.6. The van der Waals surface area contributed by atoms with Crippen LogP contribution in [0.5, 0.6) is 69.0 Å². The topological polar surface area (TPSA) is 182 Å². The van der Waals surface area contributed by atoms with Gasteiger partial charge in [0.25, 0.3) is 0 Å². The van der Waals surface area contributed by atoms with Crippen LogP contribution in [0, 0.1) is 0 Å². The zero-order valence-corrected chi connectivity index (χ0v) is 32.8. The van der Waals surface area contributed by atoms with Gasteiger partial charge in [0, 0.05) is 83.1 Å². The summed E-state index contributed by atoms with van der Waals surface area (Å²) in [4.78, 5) is 38.8.